The maximum Gasteiger partial charge on any atom is 0.339 e. The van der Waals surface area contributed by atoms with Crippen LogP contribution in [0.4, 0.5) is 5.69 Å². The topological polar surface area (TPSA) is 75.8 Å². The predicted molar refractivity (Wildman–Crippen MR) is 66.4 cm³/mol. The SMILES string of the molecule is O=C(O)c1cccc2c1OCCN2Cc1ccno1. The van der Waals surface area contributed by atoms with Crippen LogP contribution in [-0.4, -0.2) is 29.4 Å². The van der Waals surface area contributed by atoms with Crippen LogP contribution in [0.15, 0.2) is 35.0 Å². The molecule has 2 heterocycles. The van der Waals surface area contributed by atoms with Crippen LogP contribution in [0.3, 0.4) is 0 Å². The molecular weight excluding hydrogens is 248 g/mol. The first-order valence-electron chi connectivity index (χ1n) is 5.89. The van der Waals surface area contributed by atoms with Crippen LogP contribution < -0.4 is 9.64 Å². The molecule has 0 saturated carbocycles. The minimum Gasteiger partial charge on any atom is -0.489 e. The molecule has 0 spiro atoms. The molecule has 0 fully saturated rings. The Morgan fingerprint density at radius 1 is 1.42 bits per heavy atom. The molecule has 0 unspecified atom stereocenters. The minimum atomic E-state index is -0.988. The van der Waals surface area contributed by atoms with Gasteiger partial charge in [0.15, 0.2) is 11.5 Å². The largest absolute Gasteiger partial charge is 0.489 e. The first kappa shape index (κ1) is 11.6. The summed E-state index contributed by atoms with van der Waals surface area (Å²) in [6.45, 7) is 1.67. The molecule has 98 valence electrons. The number of hydrogen-bond acceptors (Lipinski definition) is 5. The molecule has 3 rings (SSSR count). The van der Waals surface area contributed by atoms with Crippen molar-refractivity contribution in [2.75, 3.05) is 18.1 Å². The van der Waals surface area contributed by atoms with Gasteiger partial charge in [-0.3, -0.25) is 0 Å². The number of anilines is 1. The van der Waals surface area contributed by atoms with E-state index in [2.05, 4.69) is 5.16 Å². The van der Waals surface area contributed by atoms with E-state index in [0.29, 0.717) is 25.4 Å². The smallest absolute Gasteiger partial charge is 0.339 e. The third kappa shape index (κ3) is 2.12. The molecule has 2 aromatic rings. The van der Waals surface area contributed by atoms with E-state index in [-0.39, 0.29) is 5.56 Å². The third-order valence-electron chi connectivity index (χ3n) is 3.01. The number of para-hydroxylation sites is 1. The van der Waals surface area contributed by atoms with Crippen LogP contribution in [0.25, 0.3) is 0 Å². The quantitative estimate of drug-likeness (QED) is 0.906. The summed E-state index contributed by atoms with van der Waals surface area (Å²) in [6.07, 6.45) is 1.59. The van der Waals surface area contributed by atoms with Crippen LogP contribution in [0.5, 0.6) is 5.75 Å². The van der Waals surface area contributed by atoms with Gasteiger partial charge in [0.25, 0.3) is 0 Å². The maximum absolute atomic E-state index is 11.2. The minimum absolute atomic E-state index is 0.180. The van der Waals surface area contributed by atoms with Crippen molar-refractivity contribution in [3.8, 4) is 5.75 Å². The molecule has 0 saturated heterocycles. The van der Waals surface area contributed by atoms with E-state index in [1.54, 1.807) is 24.4 Å². The number of carboxylic acids is 1. The number of aromatic carboxylic acids is 1. The van der Waals surface area contributed by atoms with E-state index in [1.165, 1.54) is 0 Å². The summed E-state index contributed by atoms with van der Waals surface area (Å²) >= 11 is 0. The Hall–Kier alpha value is -2.50. The Kier molecular flexibility index (Phi) is 2.83. The van der Waals surface area contributed by atoms with Gasteiger partial charge in [-0.15, -0.1) is 0 Å². The molecule has 6 nitrogen and oxygen atoms in total. The van der Waals surface area contributed by atoms with Gasteiger partial charge in [-0.2, -0.15) is 0 Å². The zero-order valence-electron chi connectivity index (χ0n) is 10.1. The van der Waals surface area contributed by atoms with Gasteiger partial charge >= 0.3 is 5.97 Å². The lowest BCUT2D eigenvalue weighted by atomic mass is 10.1. The van der Waals surface area contributed by atoms with E-state index >= 15 is 0 Å². The van der Waals surface area contributed by atoms with Crippen LogP contribution in [0.1, 0.15) is 16.1 Å². The number of nitrogens with zero attached hydrogens (tertiary/aromatic N) is 2. The molecule has 6 heteroatoms. The number of fused-ring (bicyclic) bond motifs is 1. The Balaban J connectivity index is 1.96. The second-order valence-electron chi connectivity index (χ2n) is 4.21. The molecule has 1 aliphatic rings. The van der Waals surface area contributed by atoms with E-state index in [1.807, 2.05) is 11.0 Å². The van der Waals surface area contributed by atoms with Gasteiger partial charge < -0.3 is 19.3 Å². The highest BCUT2D eigenvalue weighted by Crippen LogP contribution is 2.35. The van der Waals surface area contributed by atoms with Crippen LogP contribution in [0, 0.1) is 0 Å². The number of carbonyl (C=O) groups is 1. The molecule has 0 atom stereocenters. The number of aromatic nitrogens is 1. The highest BCUT2D eigenvalue weighted by molar-refractivity contribution is 5.93. The molecular formula is C13H12N2O4. The highest BCUT2D eigenvalue weighted by Gasteiger charge is 2.24. The lowest BCUT2D eigenvalue weighted by Gasteiger charge is -2.31. The van der Waals surface area contributed by atoms with Gasteiger partial charge in [0.2, 0.25) is 0 Å². The Morgan fingerprint density at radius 2 is 2.32 bits per heavy atom. The Labute approximate surface area is 109 Å². The summed E-state index contributed by atoms with van der Waals surface area (Å²) in [5.41, 5.74) is 0.947. The van der Waals surface area contributed by atoms with Crippen molar-refractivity contribution in [2.45, 2.75) is 6.54 Å². The molecule has 0 radical (unpaired) electrons. The van der Waals surface area contributed by atoms with E-state index in [9.17, 15) is 4.79 Å². The van der Waals surface area contributed by atoms with Gasteiger partial charge in [0.05, 0.1) is 25.0 Å². The number of rotatable bonds is 3. The monoisotopic (exact) mass is 260 g/mol. The molecule has 1 aromatic carbocycles. The fraction of sp³-hybridized carbons (Fsp3) is 0.231. The highest BCUT2D eigenvalue weighted by atomic mass is 16.5. The van der Waals surface area contributed by atoms with Gasteiger partial charge in [-0.25, -0.2) is 4.79 Å². The lowest BCUT2D eigenvalue weighted by molar-refractivity contribution is 0.0692. The third-order valence-corrected chi connectivity index (χ3v) is 3.01. The van der Waals surface area contributed by atoms with Crippen molar-refractivity contribution in [1.82, 2.24) is 5.16 Å². The Bertz CT molecular complexity index is 595. The summed E-state index contributed by atoms with van der Waals surface area (Å²) in [5, 5.41) is 12.8. The summed E-state index contributed by atoms with van der Waals surface area (Å²) in [4.78, 5) is 13.2. The van der Waals surface area contributed by atoms with Crippen molar-refractivity contribution < 1.29 is 19.2 Å². The maximum atomic E-state index is 11.2. The van der Waals surface area contributed by atoms with Crippen LogP contribution in [0.2, 0.25) is 0 Å². The summed E-state index contributed by atoms with van der Waals surface area (Å²) in [7, 11) is 0. The fourth-order valence-electron chi connectivity index (χ4n) is 2.15. The first-order chi connectivity index (χ1) is 9.25. The lowest BCUT2D eigenvalue weighted by Crippen LogP contribution is -2.32. The summed E-state index contributed by atoms with van der Waals surface area (Å²) in [5.74, 6) is 0.160. The van der Waals surface area contributed by atoms with Crippen molar-refractivity contribution in [3.05, 3.63) is 41.8 Å². The summed E-state index contributed by atoms with van der Waals surface area (Å²) in [6, 6.07) is 6.89. The molecule has 0 amide bonds. The van der Waals surface area contributed by atoms with Crippen LogP contribution >= 0.6 is 0 Å². The van der Waals surface area contributed by atoms with Crippen LogP contribution in [-0.2, 0) is 6.54 Å². The van der Waals surface area contributed by atoms with Crippen molar-refractivity contribution in [1.29, 1.82) is 0 Å². The first-order valence-corrected chi connectivity index (χ1v) is 5.89. The molecule has 0 bridgehead atoms. The number of ether oxygens (including phenoxy) is 1. The van der Waals surface area contributed by atoms with Crippen molar-refractivity contribution in [2.24, 2.45) is 0 Å². The molecule has 19 heavy (non-hydrogen) atoms. The second kappa shape index (κ2) is 4.64. The second-order valence-corrected chi connectivity index (χ2v) is 4.21. The zero-order valence-corrected chi connectivity index (χ0v) is 10.1. The van der Waals surface area contributed by atoms with Gasteiger partial charge in [-0.1, -0.05) is 11.2 Å². The molecule has 1 N–H and O–H groups in total. The average molecular weight is 260 g/mol. The van der Waals surface area contributed by atoms with Crippen molar-refractivity contribution >= 4 is 11.7 Å². The van der Waals surface area contributed by atoms with E-state index in [4.69, 9.17) is 14.4 Å². The van der Waals surface area contributed by atoms with E-state index in [0.717, 1.165) is 11.4 Å². The Morgan fingerprint density at radius 3 is 3.05 bits per heavy atom. The average Bonchev–Trinajstić information content (AvgIpc) is 2.91. The summed E-state index contributed by atoms with van der Waals surface area (Å²) < 4.78 is 10.6. The van der Waals surface area contributed by atoms with Gasteiger partial charge in [-0.05, 0) is 12.1 Å². The van der Waals surface area contributed by atoms with Gasteiger partial charge in [0, 0.05) is 6.07 Å². The van der Waals surface area contributed by atoms with E-state index < -0.39 is 5.97 Å². The number of carboxylic acid groups (broad SMARTS) is 1. The fourth-order valence-corrected chi connectivity index (χ4v) is 2.15. The van der Waals surface area contributed by atoms with Crippen molar-refractivity contribution in [3.63, 3.8) is 0 Å². The zero-order chi connectivity index (χ0) is 13.2. The predicted octanol–water partition coefficient (Wildman–Crippen LogP) is 1.77. The number of benzene rings is 1. The molecule has 1 aliphatic heterocycles. The molecule has 1 aromatic heterocycles. The van der Waals surface area contributed by atoms with Gasteiger partial charge in [0.1, 0.15) is 12.2 Å². The molecule has 0 aliphatic carbocycles. The standard InChI is InChI=1S/C13H12N2O4/c16-13(17)10-2-1-3-11-12(10)18-7-6-15(11)8-9-4-5-14-19-9/h1-5H,6-8H2,(H,16,17). The number of hydrogen-bond donors (Lipinski definition) is 1. The normalized spacial score (nSPS) is 13.8.